The zero-order chi connectivity index (χ0) is 10.7. The highest BCUT2D eigenvalue weighted by Crippen LogP contribution is 2.17. The van der Waals surface area contributed by atoms with Crippen LogP contribution in [0.3, 0.4) is 0 Å². The van der Waals surface area contributed by atoms with Crippen LogP contribution in [0.2, 0.25) is 0 Å². The van der Waals surface area contributed by atoms with Crippen LogP contribution in [0.1, 0.15) is 18.4 Å². The van der Waals surface area contributed by atoms with Gasteiger partial charge in [-0.15, -0.1) is 0 Å². The highest BCUT2D eigenvalue weighted by molar-refractivity contribution is 6.03. The summed E-state index contributed by atoms with van der Waals surface area (Å²) >= 11 is 0. The van der Waals surface area contributed by atoms with E-state index in [4.69, 9.17) is 0 Å². The van der Waals surface area contributed by atoms with Crippen LogP contribution in [-0.4, -0.2) is 11.8 Å². The second-order valence-corrected chi connectivity index (χ2v) is 3.84. The Bertz CT molecular complexity index is 372. The molecule has 0 spiro atoms. The fraction of sp³-hybridized carbons (Fsp3) is 0.333. The lowest BCUT2D eigenvalue weighted by Gasteiger charge is -2.05. The van der Waals surface area contributed by atoms with E-state index < -0.39 is 0 Å². The quantitative estimate of drug-likeness (QED) is 0.752. The summed E-state index contributed by atoms with van der Waals surface area (Å²) in [5.41, 5.74) is 1.21. The van der Waals surface area contributed by atoms with E-state index in [1.807, 2.05) is 30.3 Å². The largest absolute Gasteiger partial charge is 0.296 e. The zero-order valence-electron chi connectivity index (χ0n) is 8.40. The molecule has 0 bridgehead atoms. The van der Waals surface area contributed by atoms with E-state index in [0.29, 0.717) is 6.42 Å². The molecule has 0 saturated carbocycles. The van der Waals surface area contributed by atoms with Crippen LogP contribution in [0, 0.1) is 5.92 Å². The van der Waals surface area contributed by atoms with E-state index in [1.165, 1.54) is 5.56 Å². The molecule has 3 heteroatoms. The molecule has 1 saturated heterocycles. The van der Waals surface area contributed by atoms with Crippen molar-refractivity contribution in [2.24, 2.45) is 5.92 Å². The molecule has 1 aliphatic heterocycles. The number of rotatable bonds is 3. The number of imide groups is 1. The molecular formula is C12H13NO2. The molecule has 1 fully saturated rings. The highest BCUT2D eigenvalue weighted by atomic mass is 16.2. The third-order valence-electron chi connectivity index (χ3n) is 2.69. The summed E-state index contributed by atoms with van der Waals surface area (Å²) in [5.74, 6) is -0.383. The van der Waals surface area contributed by atoms with Gasteiger partial charge in [0, 0.05) is 12.3 Å². The number of amides is 2. The Labute approximate surface area is 88.5 Å². The lowest BCUT2D eigenvalue weighted by Crippen LogP contribution is -2.22. The SMILES string of the molecule is O=C1CC(CCc2ccccc2)C(=O)N1. The van der Waals surface area contributed by atoms with Gasteiger partial charge in [-0.05, 0) is 18.4 Å². The second-order valence-electron chi connectivity index (χ2n) is 3.84. The van der Waals surface area contributed by atoms with Gasteiger partial charge in [-0.2, -0.15) is 0 Å². The predicted molar refractivity (Wildman–Crippen MR) is 56.0 cm³/mol. The summed E-state index contributed by atoms with van der Waals surface area (Å²) in [5, 5.41) is 2.33. The summed E-state index contributed by atoms with van der Waals surface area (Å²) in [7, 11) is 0. The molecule has 1 atom stereocenters. The van der Waals surface area contributed by atoms with E-state index in [-0.39, 0.29) is 17.7 Å². The van der Waals surface area contributed by atoms with E-state index >= 15 is 0 Å². The van der Waals surface area contributed by atoms with Gasteiger partial charge in [-0.3, -0.25) is 14.9 Å². The maximum absolute atomic E-state index is 11.3. The van der Waals surface area contributed by atoms with Gasteiger partial charge in [-0.1, -0.05) is 30.3 Å². The summed E-state index contributed by atoms with van der Waals surface area (Å²) in [6.45, 7) is 0. The summed E-state index contributed by atoms with van der Waals surface area (Å²) < 4.78 is 0. The number of carbonyl (C=O) groups is 2. The minimum atomic E-state index is -0.141. The van der Waals surface area contributed by atoms with E-state index in [1.54, 1.807) is 0 Å². The number of hydrogen-bond donors (Lipinski definition) is 1. The molecule has 1 N–H and O–H groups in total. The Balaban J connectivity index is 1.89. The van der Waals surface area contributed by atoms with Crippen LogP contribution in [0.5, 0.6) is 0 Å². The molecule has 1 aromatic rings. The molecule has 0 aliphatic carbocycles. The monoisotopic (exact) mass is 203 g/mol. The maximum Gasteiger partial charge on any atom is 0.230 e. The second kappa shape index (κ2) is 4.26. The van der Waals surface area contributed by atoms with Gasteiger partial charge in [0.05, 0.1) is 0 Å². The molecule has 0 aromatic heterocycles. The summed E-state index contributed by atoms with van der Waals surface area (Å²) in [4.78, 5) is 22.2. The van der Waals surface area contributed by atoms with Gasteiger partial charge in [0.25, 0.3) is 0 Å². The third-order valence-corrected chi connectivity index (χ3v) is 2.69. The van der Waals surface area contributed by atoms with Crippen molar-refractivity contribution in [3.05, 3.63) is 35.9 Å². The molecule has 0 radical (unpaired) electrons. The smallest absolute Gasteiger partial charge is 0.230 e. The first-order chi connectivity index (χ1) is 7.25. The molecule has 1 unspecified atom stereocenters. The van der Waals surface area contributed by atoms with Crippen molar-refractivity contribution in [3.8, 4) is 0 Å². The van der Waals surface area contributed by atoms with Crippen molar-refractivity contribution in [2.45, 2.75) is 19.3 Å². The molecule has 3 nitrogen and oxygen atoms in total. The minimum Gasteiger partial charge on any atom is -0.296 e. The molecule has 1 heterocycles. The first-order valence-electron chi connectivity index (χ1n) is 5.13. The van der Waals surface area contributed by atoms with E-state index in [9.17, 15) is 9.59 Å². The van der Waals surface area contributed by atoms with Crippen LogP contribution in [0.4, 0.5) is 0 Å². The number of nitrogens with one attached hydrogen (secondary N) is 1. The van der Waals surface area contributed by atoms with E-state index in [0.717, 1.165) is 12.8 Å². The Morgan fingerprint density at radius 2 is 1.93 bits per heavy atom. The van der Waals surface area contributed by atoms with Crippen molar-refractivity contribution in [1.29, 1.82) is 0 Å². The summed E-state index contributed by atoms with van der Waals surface area (Å²) in [6.07, 6.45) is 1.96. The van der Waals surface area contributed by atoms with Crippen molar-refractivity contribution < 1.29 is 9.59 Å². The normalized spacial score (nSPS) is 20.4. The first-order valence-corrected chi connectivity index (χ1v) is 5.13. The fourth-order valence-corrected chi connectivity index (χ4v) is 1.83. The Kier molecular flexibility index (Phi) is 2.81. The molecule has 15 heavy (non-hydrogen) atoms. The van der Waals surface area contributed by atoms with Crippen LogP contribution >= 0.6 is 0 Å². The van der Waals surface area contributed by atoms with Crippen LogP contribution in [0.25, 0.3) is 0 Å². The van der Waals surface area contributed by atoms with E-state index in [2.05, 4.69) is 5.32 Å². The predicted octanol–water partition coefficient (Wildman–Crippen LogP) is 1.28. The van der Waals surface area contributed by atoms with Gasteiger partial charge in [0.1, 0.15) is 0 Å². The third kappa shape index (κ3) is 2.43. The number of aryl methyl sites for hydroxylation is 1. The van der Waals surface area contributed by atoms with Gasteiger partial charge < -0.3 is 0 Å². The molecule has 78 valence electrons. The number of hydrogen-bond acceptors (Lipinski definition) is 2. The van der Waals surface area contributed by atoms with Crippen LogP contribution in [-0.2, 0) is 16.0 Å². The van der Waals surface area contributed by atoms with Crippen molar-refractivity contribution in [2.75, 3.05) is 0 Å². The fourth-order valence-electron chi connectivity index (χ4n) is 1.83. The Hall–Kier alpha value is -1.64. The van der Waals surface area contributed by atoms with Crippen LogP contribution < -0.4 is 5.32 Å². The van der Waals surface area contributed by atoms with Gasteiger partial charge in [0.15, 0.2) is 0 Å². The maximum atomic E-state index is 11.3. The minimum absolute atomic E-state index is 0.115. The molecular weight excluding hydrogens is 190 g/mol. The topological polar surface area (TPSA) is 46.2 Å². The lowest BCUT2D eigenvalue weighted by molar-refractivity contribution is -0.125. The summed E-state index contributed by atoms with van der Waals surface area (Å²) in [6, 6.07) is 10.0. The average molecular weight is 203 g/mol. The molecule has 1 aliphatic rings. The van der Waals surface area contributed by atoms with Crippen molar-refractivity contribution in [1.82, 2.24) is 5.32 Å². The van der Waals surface area contributed by atoms with Crippen molar-refractivity contribution in [3.63, 3.8) is 0 Å². The van der Waals surface area contributed by atoms with Gasteiger partial charge >= 0.3 is 0 Å². The standard InChI is InChI=1S/C12H13NO2/c14-11-8-10(12(15)13-11)7-6-9-4-2-1-3-5-9/h1-5,10H,6-8H2,(H,13,14,15). The lowest BCUT2D eigenvalue weighted by atomic mass is 9.98. The van der Waals surface area contributed by atoms with Gasteiger partial charge in [-0.25, -0.2) is 0 Å². The molecule has 2 amide bonds. The van der Waals surface area contributed by atoms with Crippen LogP contribution in [0.15, 0.2) is 30.3 Å². The Morgan fingerprint density at radius 3 is 2.53 bits per heavy atom. The molecule has 2 rings (SSSR count). The molecule has 1 aromatic carbocycles. The highest BCUT2D eigenvalue weighted by Gasteiger charge is 2.29. The number of benzene rings is 1. The average Bonchev–Trinajstić information content (AvgIpc) is 2.56. The first kappa shape index (κ1) is 9.90. The van der Waals surface area contributed by atoms with Crippen molar-refractivity contribution >= 4 is 11.8 Å². The number of carbonyl (C=O) groups excluding carboxylic acids is 2. The van der Waals surface area contributed by atoms with Gasteiger partial charge in [0.2, 0.25) is 11.8 Å². The Morgan fingerprint density at radius 1 is 1.20 bits per heavy atom. The zero-order valence-corrected chi connectivity index (χ0v) is 8.40.